The lowest BCUT2D eigenvalue weighted by molar-refractivity contribution is 0.0940. The summed E-state index contributed by atoms with van der Waals surface area (Å²) in [6.07, 6.45) is 0.879. The number of carbonyl (C=O) groups is 1. The first kappa shape index (κ1) is 18.4. The summed E-state index contributed by atoms with van der Waals surface area (Å²) >= 11 is 5.88. The third-order valence-corrected chi connectivity index (χ3v) is 5.17. The van der Waals surface area contributed by atoms with Gasteiger partial charge in [0.25, 0.3) is 5.91 Å². The van der Waals surface area contributed by atoms with Gasteiger partial charge in [0, 0.05) is 35.8 Å². The Morgan fingerprint density at radius 2 is 1.96 bits per heavy atom. The molecule has 0 radical (unpaired) electrons. The number of ether oxygens (including phenoxy) is 1. The van der Waals surface area contributed by atoms with E-state index in [-0.39, 0.29) is 11.9 Å². The van der Waals surface area contributed by atoms with E-state index in [2.05, 4.69) is 20.4 Å². The maximum Gasteiger partial charge on any atom is 0.251 e. The molecule has 0 aliphatic carbocycles. The summed E-state index contributed by atoms with van der Waals surface area (Å²) in [5.74, 6) is 1.63. The third-order valence-electron chi connectivity index (χ3n) is 4.92. The van der Waals surface area contributed by atoms with Crippen LogP contribution in [0.3, 0.4) is 0 Å². The topological polar surface area (TPSA) is 70.2 Å². The zero-order valence-corrected chi connectivity index (χ0v) is 16.2. The molecule has 1 fully saturated rings. The summed E-state index contributed by atoms with van der Waals surface area (Å²) < 4.78 is 5.20. The molecular formula is C21H21ClN4O2. The van der Waals surface area contributed by atoms with Gasteiger partial charge in [0.05, 0.1) is 12.8 Å². The minimum Gasteiger partial charge on any atom is -0.497 e. The number of methoxy groups -OCH3 is 1. The smallest absolute Gasteiger partial charge is 0.251 e. The van der Waals surface area contributed by atoms with Crippen molar-refractivity contribution in [2.24, 2.45) is 0 Å². The molecule has 144 valence electrons. The molecule has 1 aliphatic heterocycles. The zero-order chi connectivity index (χ0) is 19.5. The van der Waals surface area contributed by atoms with Crippen LogP contribution in [0.2, 0.25) is 5.02 Å². The molecule has 1 aliphatic rings. The average Bonchev–Trinajstić information content (AvgIpc) is 3.38. The van der Waals surface area contributed by atoms with E-state index in [1.165, 1.54) is 0 Å². The maximum atomic E-state index is 12.4. The fraction of sp³-hybridized carbons (Fsp3) is 0.238. The number of aromatic amines is 1. The average molecular weight is 397 g/mol. The maximum absolute atomic E-state index is 12.4. The van der Waals surface area contributed by atoms with Gasteiger partial charge in [-0.2, -0.15) is 5.10 Å². The van der Waals surface area contributed by atoms with Crippen LogP contribution in [-0.2, 0) is 0 Å². The number of anilines is 1. The Labute approximate surface area is 168 Å². The molecule has 28 heavy (non-hydrogen) atoms. The van der Waals surface area contributed by atoms with Crippen LogP contribution in [0.25, 0.3) is 11.3 Å². The number of aromatic nitrogens is 2. The van der Waals surface area contributed by atoms with Gasteiger partial charge < -0.3 is 15.0 Å². The molecule has 4 rings (SSSR count). The van der Waals surface area contributed by atoms with Crippen molar-refractivity contribution in [3.05, 3.63) is 65.2 Å². The number of rotatable bonds is 5. The van der Waals surface area contributed by atoms with Crippen LogP contribution in [0.1, 0.15) is 16.8 Å². The van der Waals surface area contributed by atoms with E-state index >= 15 is 0 Å². The number of nitrogens with zero attached hydrogens (tertiary/aromatic N) is 2. The van der Waals surface area contributed by atoms with E-state index in [1.54, 1.807) is 31.4 Å². The third kappa shape index (κ3) is 3.97. The van der Waals surface area contributed by atoms with E-state index in [0.717, 1.165) is 42.3 Å². The number of carbonyl (C=O) groups excluding carboxylic acids is 1. The van der Waals surface area contributed by atoms with E-state index in [9.17, 15) is 4.79 Å². The Hall–Kier alpha value is -2.99. The van der Waals surface area contributed by atoms with Gasteiger partial charge in [-0.15, -0.1) is 0 Å². The number of hydrogen-bond acceptors (Lipinski definition) is 4. The molecule has 1 unspecified atom stereocenters. The molecule has 0 spiro atoms. The van der Waals surface area contributed by atoms with Gasteiger partial charge in [-0.3, -0.25) is 9.89 Å². The molecule has 2 aromatic carbocycles. The van der Waals surface area contributed by atoms with Gasteiger partial charge in [-0.25, -0.2) is 0 Å². The SMILES string of the molecule is COc1ccc(-c2cc(N3CCC(NC(=O)c4ccc(Cl)cc4)C3)n[nH]2)cc1. The van der Waals surface area contributed by atoms with Crippen molar-refractivity contribution in [3.8, 4) is 17.0 Å². The number of benzene rings is 2. The Bertz CT molecular complexity index is 953. The van der Waals surface area contributed by atoms with Crippen molar-refractivity contribution in [3.63, 3.8) is 0 Å². The van der Waals surface area contributed by atoms with Crippen LogP contribution in [0.4, 0.5) is 5.82 Å². The quantitative estimate of drug-likeness (QED) is 0.689. The van der Waals surface area contributed by atoms with Gasteiger partial charge in [-0.1, -0.05) is 11.6 Å². The molecular weight excluding hydrogens is 376 g/mol. The van der Waals surface area contributed by atoms with Crippen LogP contribution < -0.4 is 15.0 Å². The predicted molar refractivity (Wildman–Crippen MR) is 110 cm³/mol. The van der Waals surface area contributed by atoms with Crippen LogP contribution >= 0.6 is 11.6 Å². The zero-order valence-electron chi connectivity index (χ0n) is 15.5. The Kier molecular flexibility index (Phi) is 5.21. The van der Waals surface area contributed by atoms with Crippen molar-refractivity contribution in [1.82, 2.24) is 15.5 Å². The van der Waals surface area contributed by atoms with E-state index in [1.807, 2.05) is 30.3 Å². The highest BCUT2D eigenvalue weighted by Crippen LogP contribution is 2.26. The van der Waals surface area contributed by atoms with Gasteiger partial charge in [0.15, 0.2) is 5.82 Å². The largest absolute Gasteiger partial charge is 0.497 e. The second-order valence-electron chi connectivity index (χ2n) is 6.78. The lowest BCUT2D eigenvalue weighted by Gasteiger charge is -2.16. The monoisotopic (exact) mass is 396 g/mol. The van der Waals surface area contributed by atoms with Gasteiger partial charge in [0.1, 0.15) is 5.75 Å². The second-order valence-corrected chi connectivity index (χ2v) is 7.22. The molecule has 1 saturated heterocycles. The van der Waals surface area contributed by atoms with Crippen molar-refractivity contribution in [2.45, 2.75) is 12.5 Å². The predicted octanol–water partition coefficient (Wildman–Crippen LogP) is 3.75. The highest BCUT2D eigenvalue weighted by Gasteiger charge is 2.26. The number of halogens is 1. The summed E-state index contributed by atoms with van der Waals surface area (Å²) in [7, 11) is 1.65. The molecule has 1 amide bonds. The standard InChI is InChI=1S/C21H21ClN4O2/c1-28-18-8-4-14(5-9-18)19-12-20(25-24-19)26-11-10-17(13-26)23-21(27)15-2-6-16(22)7-3-15/h2-9,12,17H,10-11,13H2,1H3,(H,23,27)(H,24,25). The van der Waals surface area contributed by atoms with Gasteiger partial charge in [-0.05, 0) is 60.5 Å². The highest BCUT2D eigenvalue weighted by molar-refractivity contribution is 6.30. The number of hydrogen-bond donors (Lipinski definition) is 2. The van der Waals surface area contributed by atoms with Crippen LogP contribution in [0, 0.1) is 0 Å². The number of amides is 1. The molecule has 3 aromatic rings. The van der Waals surface area contributed by atoms with Gasteiger partial charge >= 0.3 is 0 Å². The highest BCUT2D eigenvalue weighted by atomic mass is 35.5. The first-order chi connectivity index (χ1) is 13.6. The molecule has 0 saturated carbocycles. The summed E-state index contributed by atoms with van der Waals surface area (Å²) in [5.41, 5.74) is 2.61. The minimum absolute atomic E-state index is 0.0792. The van der Waals surface area contributed by atoms with Crippen molar-refractivity contribution < 1.29 is 9.53 Å². The molecule has 1 atom stereocenters. The Balaban J connectivity index is 1.38. The van der Waals surface area contributed by atoms with E-state index < -0.39 is 0 Å². The molecule has 2 heterocycles. The summed E-state index contributed by atoms with van der Waals surface area (Å²) in [5, 5.41) is 11.2. The molecule has 1 aromatic heterocycles. The van der Waals surface area contributed by atoms with Crippen molar-refractivity contribution >= 4 is 23.3 Å². The Morgan fingerprint density at radius 1 is 1.21 bits per heavy atom. The normalized spacial score (nSPS) is 16.2. The number of H-pyrrole nitrogens is 1. The molecule has 6 nitrogen and oxygen atoms in total. The first-order valence-electron chi connectivity index (χ1n) is 9.13. The summed E-state index contributed by atoms with van der Waals surface area (Å²) in [6.45, 7) is 1.57. The summed E-state index contributed by atoms with van der Waals surface area (Å²) in [6, 6.07) is 16.9. The van der Waals surface area contributed by atoms with Gasteiger partial charge in [0.2, 0.25) is 0 Å². The van der Waals surface area contributed by atoms with E-state index in [4.69, 9.17) is 16.3 Å². The second kappa shape index (κ2) is 7.94. The van der Waals surface area contributed by atoms with Crippen molar-refractivity contribution in [1.29, 1.82) is 0 Å². The Morgan fingerprint density at radius 3 is 2.68 bits per heavy atom. The summed E-state index contributed by atoms with van der Waals surface area (Å²) in [4.78, 5) is 14.6. The fourth-order valence-corrected chi connectivity index (χ4v) is 3.47. The molecule has 0 bridgehead atoms. The molecule has 7 heteroatoms. The van der Waals surface area contributed by atoms with Crippen LogP contribution in [0.15, 0.2) is 54.6 Å². The van der Waals surface area contributed by atoms with Crippen LogP contribution in [-0.4, -0.2) is 42.3 Å². The minimum atomic E-state index is -0.0792. The van der Waals surface area contributed by atoms with Crippen LogP contribution in [0.5, 0.6) is 5.75 Å². The lowest BCUT2D eigenvalue weighted by atomic mass is 10.1. The lowest BCUT2D eigenvalue weighted by Crippen LogP contribution is -2.37. The van der Waals surface area contributed by atoms with Crippen molar-refractivity contribution in [2.75, 3.05) is 25.1 Å². The van der Waals surface area contributed by atoms with E-state index in [0.29, 0.717) is 10.6 Å². The fourth-order valence-electron chi connectivity index (χ4n) is 3.35. The first-order valence-corrected chi connectivity index (χ1v) is 9.51. The molecule has 2 N–H and O–H groups in total. The number of nitrogens with one attached hydrogen (secondary N) is 2.